The summed E-state index contributed by atoms with van der Waals surface area (Å²) in [4.78, 5) is 13.9. The van der Waals surface area contributed by atoms with Gasteiger partial charge in [0.1, 0.15) is 0 Å². The lowest BCUT2D eigenvalue weighted by molar-refractivity contribution is -0.130. The number of piperidine rings is 1. The highest BCUT2D eigenvalue weighted by molar-refractivity contribution is 5.75. The van der Waals surface area contributed by atoms with Crippen molar-refractivity contribution in [2.24, 2.45) is 0 Å². The van der Waals surface area contributed by atoms with Crippen molar-refractivity contribution < 1.29 is 4.79 Å². The van der Waals surface area contributed by atoms with Crippen LogP contribution in [-0.2, 0) is 4.79 Å². The summed E-state index contributed by atoms with van der Waals surface area (Å²) in [6.45, 7) is 4.23. The van der Waals surface area contributed by atoms with Gasteiger partial charge in [-0.2, -0.15) is 0 Å². The molecule has 0 aromatic rings. The van der Waals surface area contributed by atoms with E-state index >= 15 is 0 Å². The van der Waals surface area contributed by atoms with E-state index in [1.54, 1.807) is 0 Å². The zero-order valence-electron chi connectivity index (χ0n) is 12.9. The maximum Gasteiger partial charge on any atom is 0.222 e. The number of likely N-dealkylation sites (N-methyl/N-ethyl adjacent to an activating group) is 1. The second kappa shape index (κ2) is 10.2. The highest BCUT2D eigenvalue weighted by Crippen LogP contribution is 2.10. The fraction of sp³-hybridized carbons (Fsp3) is 0.938. The number of carbonyl (C=O) groups is 1. The summed E-state index contributed by atoms with van der Waals surface area (Å²) in [7, 11) is 1.95. The molecule has 0 bridgehead atoms. The van der Waals surface area contributed by atoms with Gasteiger partial charge >= 0.3 is 0 Å². The fourth-order valence-electron chi connectivity index (χ4n) is 2.76. The van der Waals surface area contributed by atoms with Crippen molar-refractivity contribution in [3.63, 3.8) is 0 Å². The monoisotopic (exact) mass is 268 g/mol. The van der Waals surface area contributed by atoms with E-state index in [1.807, 2.05) is 11.9 Å². The molecule has 112 valence electrons. The van der Waals surface area contributed by atoms with E-state index in [-0.39, 0.29) is 0 Å². The van der Waals surface area contributed by atoms with E-state index in [0.717, 1.165) is 25.9 Å². The molecule has 0 radical (unpaired) electrons. The molecule has 1 fully saturated rings. The van der Waals surface area contributed by atoms with Gasteiger partial charge in [-0.3, -0.25) is 4.79 Å². The molecule has 1 unspecified atom stereocenters. The van der Waals surface area contributed by atoms with Crippen LogP contribution in [0.1, 0.15) is 71.1 Å². The van der Waals surface area contributed by atoms with Gasteiger partial charge in [0.2, 0.25) is 5.91 Å². The van der Waals surface area contributed by atoms with Crippen LogP contribution in [0.4, 0.5) is 0 Å². The van der Waals surface area contributed by atoms with E-state index in [9.17, 15) is 4.79 Å². The van der Waals surface area contributed by atoms with Gasteiger partial charge in [0.05, 0.1) is 0 Å². The number of unbranched alkanes of at least 4 members (excludes halogenated alkanes) is 5. The van der Waals surface area contributed by atoms with E-state index in [4.69, 9.17) is 0 Å². The molecule has 0 aliphatic carbocycles. The van der Waals surface area contributed by atoms with Crippen molar-refractivity contribution in [2.75, 3.05) is 20.1 Å². The minimum absolute atomic E-state index is 0.322. The molecule has 3 heteroatoms. The molecule has 1 atom stereocenters. The van der Waals surface area contributed by atoms with Crippen molar-refractivity contribution in [2.45, 2.75) is 77.2 Å². The van der Waals surface area contributed by atoms with Crippen LogP contribution in [0.25, 0.3) is 0 Å². The molecule has 1 rings (SSSR count). The van der Waals surface area contributed by atoms with Crippen molar-refractivity contribution in [1.29, 1.82) is 0 Å². The molecule has 3 nitrogen and oxygen atoms in total. The van der Waals surface area contributed by atoms with E-state index < -0.39 is 0 Å². The molecule has 0 spiro atoms. The van der Waals surface area contributed by atoms with Gasteiger partial charge < -0.3 is 10.2 Å². The van der Waals surface area contributed by atoms with Gasteiger partial charge in [0.15, 0.2) is 0 Å². The third kappa shape index (κ3) is 7.56. The Morgan fingerprint density at radius 2 is 1.89 bits per heavy atom. The highest BCUT2D eigenvalue weighted by Gasteiger charge is 2.17. The van der Waals surface area contributed by atoms with E-state index in [1.165, 1.54) is 51.4 Å². The number of hydrogen-bond acceptors (Lipinski definition) is 2. The van der Waals surface area contributed by atoms with E-state index in [0.29, 0.717) is 11.9 Å². The molecule has 1 N–H and O–H groups in total. The Morgan fingerprint density at radius 1 is 1.16 bits per heavy atom. The Kier molecular flexibility index (Phi) is 8.89. The predicted molar refractivity (Wildman–Crippen MR) is 81.3 cm³/mol. The molecule has 0 aromatic heterocycles. The Bertz CT molecular complexity index is 237. The largest absolute Gasteiger partial charge is 0.344 e. The summed E-state index contributed by atoms with van der Waals surface area (Å²) in [6.07, 6.45) is 12.0. The molecule has 1 aliphatic heterocycles. The first kappa shape index (κ1) is 16.5. The maximum atomic E-state index is 12.0. The van der Waals surface area contributed by atoms with Crippen LogP contribution in [-0.4, -0.2) is 37.0 Å². The summed E-state index contributed by atoms with van der Waals surface area (Å²) in [5, 5.41) is 3.50. The number of carbonyl (C=O) groups excluding carboxylic acids is 1. The minimum atomic E-state index is 0.322. The van der Waals surface area contributed by atoms with Crippen LogP contribution in [0.5, 0.6) is 0 Å². The number of amides is 1. The Hall–Kier alpha value is -0.570. The number of nitrogens with zero attached hydrogens (tertiary/aromatic N) is 1. The fourth-order valence-corrected chi connectivity index (χ4v) is 2.76. The van der Waals surface area contributed by atoms with Gasteiger partial charge in [-0.05, 0) is 25.8 Å². The molecule has 1 aliphatic rings. The molecular formula is C16H32N2O. The van der Waals surface area contributed by atoms with Crippen LogP contribution in [0.15, 0.2) is 0 Å². The van der Waals surface area contributed by atoms with Gasteiger partial charge in [0, 0.05) is 26.1 Å². The third-order valence-corrected chi connectivity index (χ3v) is 4.08. The van der Waals surface area contributed by atoms with Crippen LogP contribution in [0, 0.1) is 0 Å². The lowest BCUT2D eigenvalue weighted by Gasteiger charge is -2.28. The molecule has 0 saturated carbocycles. The first-order valence-electron chi connectivity index (χ1n) is 8.21. The van der Waals surface area contributed by atoms with Crippen LogP contribution >= 0.6 is 0 Å². The zero-order valence-corrected chi connectivity index (χ0v) is 12.9. The standard InChI is InChI=1S/C16H32N2O/c1-3-4-5-6-7-8-12-16(19)18(2)14-15-11-9-10-13-17-15/h15,17H,3-14H2,1-2H3. The average molecular weight is 268 g/mol. The summed E-state index contributed by atoms with van der Waals surface area (Å²) in [5.74, 6) is 0.322. The van der Waals surface area contributed by atoms with Gasteiger partial charge in [0.25, 0.3) is 0 Å². The summed E-state index contributed by atoms with van der Waals surface area (Å²) >= 11 is 0. The summed E-state index contributed by atoms with van der Waals surface area (Å²) < 4.78 is 0. The first-order chi connectivity index (χ1) is 9.24. The molecule has 19 heavy (non-hydrogen) atoms. The first-order valence-corrected chi connectivity index (χ1v) is 8.21. The number of nitrogens with one attached hydrogen (secondary N) is 1. The van der Waals surface area contributed by atoms with Crippen molar-refractivity contribution in [1.82, 2.24) is 10.2 Å². The van der Waals surface area contributed by atoms with Crippen molar-refractivity contribution in [3.05, 3.63) is 0 Å². The molecular weight excluding hydrogens is 236 g/mol. The van der Waals surface area contributed by atoms with Crippen molar-refractivity contribution >= 4 is 5.91 Å². The minimum Gasteiger partial charge on any atom is -0.344 e. The van der Waals surface area contributed by atoms with Gasteiger partial charge in [-0.25, -0.2) is 0 Å². The average Bonchev–Trinajstić information content (AvgIpc) is 2.43. The molecule has 0 aromatic carbocycles. The normalized spacial score (nSPS) is 19.4. The second-order valence-electron chi connectivity index (χ2n) is 5.94. The lowest BCUT2D eigenvalue weighted by Crippen LogP contribution is -2.44. The van der Waals surface area contributed by atoms with E-state index in [2.05, 4.69) is 12.2 Å². The summed E-state index contributed by atoms with van der Waals surface area (Å²) in [6, 6.07) is 0.521. The number of rotatable bonds is 9. The van der Waals surface area contributed by atoms with Crippen LogP contribution in [0.2, 0.25) is 0 Å². The maximum absolute atomic E-state index is 12.0. The predicted octanol–water partition coefficient (Wildman–Crippen LogP) is 3.34. The number of hydrogen-bond donors (Lipinski definition) is 1. The van der Waals surface area contributed by atoms with Gasteiger partial charge in [-0.1, -0.05) is 45.4 Å². The smallest absolute Gasteiger partial charge is 0.222 e. The topological polar surface area (TPSA) is 32.3 Å². The molecule has 1 amide bonds. The Morgan fingerprint density at radius 3 is 2.58 bits per heavy atom. The van der Waals surface area contributed by atoms with Crippen molar-refractivity contribution in [3.8, 4) is 0 Å². The van der Waals surface area contributed by atoms with Crippen LogP contribution in [0.3, 0.4) is 0 Å². The third-order valence-electron chi connectivity index (χ3n) is 4.08. The molecule has 1 saturated heterocycles. The Balaban J connectivity index is 2.04. The lowest BCUT2D eigenvalue weighted by atomic mass is 10.0. The quantitative estimate of drug-likeness (QED) is 0.651. The summed E-state index contributed by atoms with van der Waals surface area (Å²) in [5.41, 5.74) is 0. The zero-order chi connectivity index (χ0) is 13.9. The highest BCUT2D eigenvalue weighted by atomic mass is 16.2. The SMILES string of the molecule is CCCCCCCCC(=O)N(C)CC1CCCCN1. The molecule has 1 heterocycles. The van der Waals surface area contributed by atoms with Gasteiger partial charge in [-0.15, -0.1) is 0 Å². The van der Waals surface area contributed by atoms with Crippen LogP contribution < -0.4 is 5.32 Å². The Labute approximate surface area is 119 Å². The second-order valence-corrected chi connectivity index (χ2v) is 5.94.